The zero-order valence-corrected chi connectivity index (χ0v) is 10.1. The van der Waals surface area contributed by atoms with Crippen LogP contribution in [0.25, 0.3) is 10.6 Å². The van der Waals surface area contributed by atoms with Crippen molar-refractivity contribution in [2.45, 2.75) is 19.2 Å². The van der Waals surface area contributed by atoms with Gasteiger partial charge in [-0.1, -0.05) is 31.2 Å². The highest BCUT2D eigenvalue weighted by molar-refractivity contribution is 7.13. The van der Waals surface area contributed by atoms with Gasteiger partial charge >= 0.3 is 0 Å². The normalized spacial score (nSPS) is 10.5. The summed E-state index contributed by atoms with van der Waals surface area (Å²) in [4.78, 5) is 4.49. The summed E-state index contributed by atoms with van der Waals surface area (Å²) in [6.45, 7) is 2.16. The molecule has 1 heterocycles. The monoisotopic (exact) mass is 237 g/mol. The van der Waals surface area contributed by atoms with Gasteiger partial charge in [0.05, 0.1) is 11.6 Å². The van der Waals surface area contributed by atoms with Crippen LogP contribution in [0.1, 0.15) is 18.2 Å². The summed E-state index contributed by atoms with van der Waals surface area (Å²) in [7, 11) is 0. The van der Waals surface area contributed by atoms with Crippen molar-refractivity contribution in [1.29, 1.82) is 0 Å². The van der Waals surface area contributed by atoms with Gasteiger partial charge in [0.25, 0.3) is 0 Å². The minimum atomic E-state index is 0.491. The largest absolute Gasteiger partial charge is 0.240 e. The highest BCUT2D eigenvalue weighted by Crippen LogP contribution is 2.27. The molecule has 0 bridgehead atoms. The zero-order valence-electron chi connectivity index (χ0n) is 8.53. The van der Waals surface area contributed by atoms with Crippen LogP contribution in [0.5, 0.6) is 0 Å². The molecular formula is C12H12ClNS. The van der Waals surface area contributed by atoms with Crippen LogP contribution in [0.15, 0.2) is 29.6 Å². The first kappa shape index (κ1) is 10.7. The van der Waals surface area contributed by atoms with Crippen LogP contribution in [0.4, 0.5) is 0 Å². The second kappa shape index (κ2) is 4.77. The van der Waals surface area contributed by atoms with E-state index in [0.717, 1.165) is 17.1 Å². The molecule has 0 fully saturated rings. The summed E-state index contributed by atoms with van der Waals surface area (Å²) in [5.74, 6) is 0.491. The van der Waals surface area contributed by atoms with Crippen LogP contribution in [-0.2, 0) is 12.3 Å². The van der Waals surface area contributed by atoms with E-state index in [4.69, 9.17) is 11.6 Å². The number of aromatic nitrogens is 1. The summed E-state index contributed by atoms with van der Waals surface area (Å²) in [6.07, 6.45) is 1.03. The predicted octanol–water partition coefficient (Wildman–Crippen LogP) is 4.11. The lowest BCUT2D eigenvalue weighted by molar-refractivity contribution is 1.13. The highest BCUT2D eigenvalue weighted by Gasteiger charge is 2.07. The van der Waals surface area contributed by atoms with Crippen LogP contribution in [0.2, 0.25) is 0 Å². The minimum Gasteiger partial charge on any atom is -0.240 e. The topological polar surface area (TPSA) is 12.9 Å². The molecule has 2 aromatic rings. The Morgan fingerprint density at radius 3 is 2.80 bits per heavy atom. The van der Waals surface area contributed by atoms with E-state index in [1.54, 1.807) is 11.3 Å². The van der Waals surface area contributed by atoms with E-state index >= 15 is 0 Å². The Bertz CT molecular complexity index is 450. The van der Waals surface area contributed by atoms with Crippen molar-refractivity contribution >= 4 is 22.9 Å². The first-order valence-electron chi connectivity index (χ1n) is 4.93. The van der Waals surface area contributed by atoms with Crippen molar-refractivity contribution in [1.82, 2.24) is 4.98 Å². The lowest BCUT2D eigenvalue weighted by atomic mass is 10.1. The molecule has 3 heteroatoms. The molecule has 78 valence electrons. The third-order valence-corrected chi connectivity index (χ3v) is 3.52. The van der Waals surface area contributed by atoms with E-state index in [0.29, 0.717) is 5.88 Å². The molecule has 0 saturated heterocycles. The van der Waals surface area contributed by atoms with E-state index in [2.05, 4.69) is 36.2 Å². The molecule has 0 amide bonds. The fourth-order valence-corrected chi connectivity index (χ4v) is 2.64. The molecule has 1 aromatic carbocycles. The average Bonchev–Trinajstić information content (AvgIpc) is 2.77. The minimum absolute atomic E-state index is 0.491. The van der Waals surface area contributed by atoms with Crippen LogP contribution < -0.4 is 0 Å². The number of halogens is 1. The van der Waals surface area contributed by atoms with Gasteiger partial charge in [0.1, 0.15) is 5.01 Å². The molecule has 15 heavy (non-hydrogen) atoms. The van der Waals surface area contributed by atoms with Gasteiger partial charge in [-0.2, -0.15) is 0 Å². The molecule has 0 aliphatic carbocycles. The predicted molar refractivity (Wildman–Crippen MR) is 66.5 cm³/mol. The molecule has 1 aromatic heterocycles. The Morgan fingerprint density at radius 2 is 2.13 bits per heavy atom. The standard InChI is InChI=1S/C12H12ClNS/c1-2-9-5-3-4-6-11(9)12-14-10(7-13)8-15-12/h3-6,8H,2,7H2,1H3. The average molecular weight is 238 g/mol. The Labute approximate surface area is 98.7 Å². The summed E-state index contributed by atoms with van der Waals surface area (Å²) in [5.41, 5.74) is 3.54. The first-order valence-corrected chi connectivity index (χ1v) is 6.35. The van der Waals surface area contributed by atoms with E-state index in [1.807, 2.05) is 5.38 Å². The molecule has 0 aliphatic rings. The van der Waals surface area contributed by atoms with Gasteiger partial charge in [-0.3, -0.25) is 0 Å². The molecular weight excluding hydrogens is 226 g/mol. The maximum Gasteiger partial charge on any atom is 0.123 e. The number of thiazole rings is 1. The number of aryl methyl sites for hydroxylation is 1. The van der Waals surface area contributed by atoms with Crippen molar-refractivity contribution in [3.05, 3.63) is 40.9 Å². The van der Waals surface area contributed by atoms with Gasteiger partial charge in [0.2, 0.25) is 0 Å². The summed E-state index contributed by atoms with van der Waals surface area (Å²) < 4.78 is 0. The molecule has 1 nitrogen and oxygen atoms in total. The van der Waals surface area contributed by atoms with Gasteiger partial charge in [0.15, 0.2) is 0 Å². The number of rotatable bonds is 3. The Balaban J connectivity index is 2.44. The SMILES string of the molecule is CCc1ccccc1-c1nc(CCl)cs1. The maximum atomic E-state index is 5.75. The third kappa shape index (κ3) is 2.21. The Hall–Kier alpha value is -0.860. The molecule has 0 radical (unpaired) electrons. The fraction of sp³-hybridized carbons (Fsp3) is 0.250. The molecule has 2 rings (SSSR count). The summed E-state index contributed by atoms with van der Waals surface area (Å²) in [5, 5.41) is 3.09. The van der Waals surface area contributed by atoms with Gasteiger partial charge in [-0.25, -0.2) is 4.98 Å². The van der Waals surface area contributed by atoms with Crippen LogP contribution >= 0.6 is 22.9 Å². The number of hydrogen-bond donors (Lipinski definition) is 0. The molecule has 0 unspecified atom stereocenters. The smallest absolute Gasteiger partial charge is 0.123 e. The van der Waals surface area contributed by atoms with Crippen molar-refractivity contribution in [3.8, 4) is 10.6 Å². The van der Waals surface area contributed by atoms with Crippen molar-refractivity contribution in [3.63, 3.8) is 0 Å². The van der Waals surface area contributed by atoms with E-state index in [1.165, 1.54) is 11.1 Å². The molecule has 0 N–H and O–H groups in total. The number of alkyl halides is 1. The first-order chi connectivity index (χ1) is 7.35. The van der Waals surface area contributed by atoms with Gasteiger partial charge < -0.3 is 0 Å². The van der Waals surface area contributed by atoms with E-state index in [-0.39, 0.29) is 0 Å². The summed E-state index contributed by atoms with van der Waals surface area (Å²) >= 11 is 7.41. The second-order valence-electron chi connectivity index (χ2n) is 3.29. The quantitative estimate of drug-likeness (QED) is 0.732. The van der Waals surface area contributed by atoms with Crippen molar-refractivity contribution in [2.75, 3.05) is 0 Å². The van der Waals surface area contributed by atoms with Crippen LogP contribution in [0, 0.1) is 0 Å². The van der Waals surface area contributed by atoms with Crippen LogP contribution in [-0.4, -0.2) is 4.98 Å². The van der Waals surface area contributed by atoms with Gasteiger partial charge in [-0.05, 0) is 12.0 Å². The number of nitrogens with zero attached hydrogens (tertiary/aromatic N) is 1. The maximum absolute atomic E-state index is 5.75. The zero-order chi connectivity index (χ0) is 10.7. The number of hydrogen-bond acceptors (Lipinski definition) is 2. The molecule has 0 aliphatic heterocycles. The third-order valence-electron chi connectivity index (χ3n) is 2.32. The second-order valence-corrected chi connectivity index (χ2v) is 4.41. The van der Waals surface area contributed by atoms with Crippen molar-refractivity contribution in [2.24, 2.45) is 0 Å². The van der Waals surface area contributed by atoms with E-state index in [9.17, 15) is 0 Å². The van der Waals surface area contributed by atoms with E-state index < -0.39 is 0 Å². The molecule has 0 saturated carbocycles. The number of benzene rings is 1. The lowest BCUT2D eigenvalue weighted by Gasteiger charge is -2.03. The Morgan fingerprint density at radius 1 is 1.33 bits per heavy atom. The fourth-order valence-electron chi connectivity index (χ4n) is 1.53. The summed E-state index contributed by atoms with van der Waals surface area (Å²) in [6, 6.07) is 8.39. The molecule has 0 atom stereocenters. The van der Waals surface area contributed by atoms with Crippen molar-refractivity contribution < 1.29 is 0 Å². The molecule has 0 spiro atoms. The lowest BCUT2D eigenvalue weighted by Crippen LogP contribution is -1.86. The highest BCUT2D eigenvalue weighted by atomic mass is 35.5. The van der Waals surface area contributed by atoms with Gasteiger partial charge in [-0.15, -0.1) is 22.9 Å². The van der Waals surface area contributed by atoms with Gasteiger partial charge in [0, 0.05) is 10.9 Å². The Kier molecular flexibility index (Phi) is 3.39. The van der Waals surface area contributed by atoms with Crippen LogP contribution in [0.3, 0.4) is 0 Å².